The van der Waals surface area contributed by atoms with Gasteiger partial charge in [-0.3, -0.25) is 4.79 Å². The maximum Gasteiger partial charge on any atom is 0.317 e. The average Bonchev–Trinajstić information content (AvgIpc) is 2.46. The summed E-state index contributed by atoms with van der Waals surface area (Å²) >= 11 is 0. The van der Waals surface area contributed by atoms with Crippen LogP contribution in [0, 0.1) is 5.92 Å². The van der Waals surface area contributed by atoms with Crippen LogP contribution < -0.4 is 15.0 Å². The van der Waals surface area contributed by atoms with E-state index in [1.807, 2.05) is 12.1 Å². The van der Waals surface area contributed by atoms with Crippen molar-refractivity contribution >= 4 is 11.7 Å². The van der Waals surface area contributed by atoms with Gasteiger partial charge in [0.2, 0.25) is 0 Å². The number of anilines is 1. The third-order valence-electron chi connectivity index (χ3n) is 3.85. The lowest BCUT2D eigenvalue weighted by molar-refractivity contribution is -0.135. The van der Waals surface area contributed by atoms with Gasteiger partial charge in [0.25, 0.3) is 0 Å². The fourth-order valence-electron chi connectivity index (χ4n) is 2.82. The van der Waals surface area contributed by atoms with E-state index >= 15 is 0 Å². The molecule has 2 N–H and O–H groups in total. The first-order valence-corrected chi connectivity index (χ1v) is 7.44. The molecule has 0 amide bonds. The van der Waals surface area contributed by atoms with Gasteiger partial charge in [0.05, 0.1) is 19.3 Å². The Hall–Kier alpha value is -1.75. The number of ether oxygens (including phenoxy) is 1. The number of hydrogen-bond acceptors (Lipinski definition) is 4. The number of aliphatic carboxylic acids is 1. The topological polar surface area (TPSA) is 61.8 Å². The van der Waals surface area contributed by atoms with Gasteiger partial charge in [0, 0.05) is 19.6 Å². The molecule has 21 heavy (non-hydrogen) atoms. The van der Waals surface area contributed by atoms with Crippen LogP contribution in [0.1, 0.15) is 25.3 Å². The van der Waals surface area contributed by atoms with E-state index in [2.05, 4.69) is 23.2 Å². The van der Waals surface area contributed by atoms with Crippen molar-refractivity contribution in [3.63, 3.8) is 0 Å². The molecular weight excluding hydrogens is 268 g/mol. The van der Waals surface area contributed by atoms with Gasteiger partial charge in [-0.05, 0) is 36.5 Å². The Balaban J connectivity index is 2.07. The van der Waals surface area contributed by atoms with Crippen LogP contribution in [0.25, 0.3) is 0 Å². The molecule has 116 valence electrons. The zero-order chi connectivity index (χ0) is 15.2. The Morgan fingerprint density at radius 2 is 2.33 bits per heavy atom. The van der Waals surface area contributed by atoms with Crippen molar-refractivity contribution in [2.75, 3.05) is 31.6 Å². The van der Waals surface area contributed by atoms with E-state index in [9.17, 15) is 4.79 Å². The van der Waals surface area contributed by atoms with E-state index in [1.54, 1.807) is 7.11 Å². The van der Waals surface area contributed by atoms with E-state index in [0.717, 1.165) is 30.1 Å². The fraction of sp³-hybridized carbons (Fsp3) is 0.562. The van der Waals surface area contributed by atoms with Crippen LogP contribution in [0.2, 0.25) is 0 Å². The number of carboxylic acid groups (broad SMARTS) is 1. The summed E-state index contributed by atoms with van der Waals surface area (Å²) < 4.78 is 5.52. The van der Waals surface area contributed by atoms with Crippen LogP contribution in [0.5, 0.6) is 5.75 Å². The molecule has 0 bridgehead atoms. The Bertz CT molecular complexity index is 490. The van der Waals surface area contributed by atoms with E-state index in [1.165, 1.54) is 12.8 Å². The van der Waals surface area contributed by atoms with Crippen LogP contribution in [0.4, 0.5) is 5.69 Å². The molecule has 0 aliphatic carbocycles. The zero-order valence-electron chi connectivity index (χ0n) is 12.8. The molecule has 1 saturated heterocycles. The number of nitrogens with one attached hydrogen (secondary N) is 1. The molecule has 2 rings (SSSR count). The summed E-state index contributed by atoms with van der Waals surface area (Å²) in [4.78, 5) is 12.9. The van der Waals surface area contributed by atoms with Crippen molar-refractivity contribution in [2.24, 2.45) is 5.92 Å². The molecule has 0 saturated carbocycles. The second kappa shape index (κ2) is 7.31. The second-order valence-corrected chi connectivity index (χ2v) is 5.70. The SMILES string of the molecule is COc1cc(CNCC(=O)O)ccc1N1CCCC(C)C1. The second-order valence-electron chi connectivity index (χ2n) is 5.70. The Kier molecular flexibility index (Phi) is 5.44. The minimum absolute atomic E-state index is 0.0340. The summed E-state index contributed by atoms with van der Waals surface area (Å²) in [6.45, 7) is 4.90. The van der Waals surface area contributed by atoms with Gasteiger partial charge in [0.1, 0.15) is 5.75 Å². The lowest BCUT2D eigenvalue weighted by Crippen LogP contribution is -2.34. The Morgan fingerprint density at radius 3 is 3.00 bits per heavy atom. The number of nitrogens with zero attached hydrogens (tertiary/aromatic N) is 1. The lowest BCUT2D eigenvalue weighted by atomic mass is 9.99. The molecule has 5 heteroatoms. The van der Waals surface area contributed by atoms with Crippen LogP contribution in [0.3, 0.4) is 0 Å². The standard InChI is InChI=1S/C16H24N2O3/c1-12-4-3-7-18(11-12)14-6-5-13(8-15(14)21-2)9-17-10-16(19)20/h5-6,8,12,17H,3-4,7,9-11H2,1-2H3,(H,19,20). The van der Waals surface area contributed by atoms with E-state index in [4.69, 9.17) is 9.84 Å². The Morgan fingerprint density at radius 1 is 1.52 bits per heavy atom. The van der Waals surface area contributed by atoms with Crippen LogP contribution >= 0.6 is 0 Å². The maximum absolute atomic E-state index is 10.5. The highest BCUT2D eigenvalue weighted by Crippen LogP contribution is 2.32. The van der Waals surface area contributed by atoms with Gasteiger partial charge in [0.15, 0.2) is 0 Å². The average molecular weight is 292 g/mol. The number of carbonyl (C=O) groups is 1. The number of benzene rings is 1. The van der Waals surface area contributed by atoms with Crippen molar-refractivity contribution in [3.05, 3.63) is 23.8 Å². The molecule has 1 unspecified atom stereocenters. The fourth-order valence-corrected chi connectivity index (χ4v) is 2.82. The molecule has 1 fully saturated rings. The number of carboxylic acids is 1. The highest BCUT2D eigenvalue weighted by atomic mass is 16.5. The smallest absolute Gasteiger partial charge is 0.317 e. The molecule has 1 atom stereocenters. The highest BCUT2D eigenvalue weighted by molar-refractivity contribution is 5.69. The highest BCUT2D eigenvalue weighted by Gasteiger charge is 2.19. The molecule has 1 aliphatic rings. The number of methoxy groups -OCH3 is 1. The van der Waals surface area contributed by atoms with E-state index in [-0.39, 0.29) is 6.54 Å². The van der Waals surface area contributed by atoms with Crippen molar-refractivity contribution in [1.82, 2.24) is 5.32 Å². The van der Waals surface area contributed by atoms with Crippen LogP contribution in [-0.2, 0) is 11.3 Å². The maximum atomic E-state index is 10.5. The summed E-state index contributed by atoms with van der Waals surface area (Å²) in [5, 5.41) is 11.5. The third-order valence-corrected chi connectivity index (χ3v) is 3.85. The van der Waals surface area contributed by atoms with E-state index < -0.39 is 5.97 Å². The molecule has 5 nitrogen and oxygen atoms in total. The van der Waals surface area contributed by atoms with Gasteiger partial charge in [-0.15, -0.1) is 0 Å². The summed E-state index contributed by atoms with van der Waals surface area (Å²) in [5.74, 6) is 0.722. The monoisotopic (exact) mass is 292 g/mol. The molecule has 0 spiro atoms. The van der Waals surface area contributed by atoms with E-state index in [0.29, 0.717) is 12.5 Å². The predicted molar refractivity (Wildman–Crippen MR) is 82.9 cm³/mol. The summed E-state index contributed by atoms with van der Waals surface area (Å²) in [5.41, 5.74) is 2.16. The quantitative estimate of drug-likeness (QED) is 0.841. The van der Waals surface area contributed by atoms with Crippen molar-refractivity contribution in [1.29, 1.82) is 0 Å². The first-order chi connectivity index (χ1) is 10.1. The molecule has 0 radical (unpaired) electrons. The summed E-state index contributed by atoms with van der Waals surface area (Å²) in [6.07, 6.45) is 2.50. The van der Waals surface area contributed by atoms with Gasteiger partial charge >= 0.3 is 5.97 Å². The van der Waals surface area contributed by atoms with Crippen molar-refractivity contribution < 1.29 is 14.6 Å². The molecular formula is C16H24N2O3. The van der Waals surface area contributed by atoms with Crippen LogP contribution in [0.15, 0.2) is 18.2 Å². The molecule has 1 heterocycles. The first kappa shape index (κ1) is 15.6. The van der Waals surface area contributed by atoms with Gasteiger partial charge in [-0.1, -0.05) is 13.0 Å². The summed E-state index contributed by atoms with van der Waals surface area (Å²) in [7, 11) is 1.68. The third kappa shape index (κ3) is 4.36. The summed E-state index contributed by atoms with van der Waals surface area (Å²) in [6, 6.07) is 6.10. The predicted octanol–water partition coefficient (Wildman–Crippen LogP) is 2.11. The van der Waals surface area contributed by atoms with Gasteiger partial charge < -0.3 is 20.1 Å². The number of hydrogen-bond donors (Lipinski definition) is 2. The number of piperidine rings is 1. The normalized spacial score (nSPS) is 18.6. The van der Waals surface area contributed by atoms with Gasteiger partial charge in [-0.25, -0.2) is 0 Å². The van der Waals surface area contributed by atoms with Gasteiger partial charge in [-0.2, -0.15) is 0 Å². The largest absolute Gasteiger partial charge is 0.495 e. The first-order valence-electron chi connectivity index (χ1n) is 7.44. The molecule has 1 aromatic carbocycles. The molecule has 1 aliphatic heterocycles. The van der Waals surface area contributed by atoms with Crippen molar-refractivity contribution in [2.45, 2.75) is 26.3 Å². The Labute approximate surface area is 125 Å². The number of rotatable bonds is 6. The van der Waals surface area contributed by atoms with Crippen molar-refractivity contribution in [3.8, 4) is 5.75 Å². The minimum Gasteiger partial charge on any atom is -0.495 e. The molecule has 1 aromatic rings. The lowest BCUT2D eigenvalue weighted by Gasteiger charge is -2.33. The zero-order valence-corrected chi connectivity index (χ0v) is 12.8. The molecule has 0 aromatic heterocycles. The van der Waals surface area contributed by atoms with Crippen LogP contribution in [-0.4, -0.2) is 37.8 Å². The minimum atomic E-state index is -0.846.